The van der Waals surface area contributed by atoms with E-state index in [2.05, 4.69) is 0 Å². The van der Waals surface area contributed by atoms with E-state index in [1.165, 1.54) is 14.2 Å². The van der Waals surface area contributed by atoms with Crippen LogP contribution in [0.25, 0.3) is 0 Å². The molecule has 0 saturated carbocycles. The molecule has 1 N–H and O–H groups in total. The van der Waals surface area contributed by atoms with Gasteiger partial charge >= 0.3 is 0 Å². The molecule has 0 heterocycles. The minimum absolute atomic E-state index is 0.525. The van der Waals surface area contributed by atoms with E-state index >= 15 is 0 Å². The second kappa shape index (κ2) is 8.47. The normalized spacial score (nSPS) is 14.4. The van der Waals surface area contributed by atoms with E-state index in [0.29, 0.717) is 11.1 Å². The third-order valence-corrected chi connectivity index (χ3v) is 5.21. The smallest absolute Gasteiger partial charge is 0.255 e. The van der Waals surface area contributed by atoms with E-state index in [0.717, 1.165) is 5.56 Å². The van der Waals surface area contributed by atoms with Crippen LogP contribution in [-0.4, -0.2) is 19.3 Å². The van der Waals surface area contributed by atoms with Crippen molar-refractivity contribution in [1.82, 2.24) is 0 Å². The maximum absolute atomic E-state index is 12.2. The molecule has 3 aromatic rings. The minimum Gasteiger partial charge on any atom is -0.357 e. The maximum atomic E-state index is 12.2. The van der Waals surface area contributed by atoms with Crippen molar-refractivity contribution >= 4 is 0 Å². The fourth-order valence-corrected chi connectivity index (χ4v) is 3.70. The summed E-state index contributed by atoms with van der Waals surface area (Å²) in [7, 11) is 3.01. The lowest BCUT2D eigenvalue weighted by Crippen LogP contribution is -2.56. The number of hydrogen-bond acceptors (Lipinski definition) is 4. The molecule has 4 heteroatoms. The second-order valence-electron chi connectivity index (χ2n) is 7.38. The van der Waals surface area contributed by atoms with E-state index in [1.807, 2.05) is 92.7 Å². The van der Waals surface area contributed by atoms with Gasteiger partial charge in [0.2, 0.25) is 0 Å². The van der Waals surface area contributed by atoms with Crippen LogP contribution in [0.5, 0.6) is 0 Å². The van der Waals surface area contributed by atoms with Gasteiger partial charge in [-0.1, -0.05) is 91.0 Å². The van der Waals surface area contributed by atoms with Crippen molar-refractivity contribution in [1.29, 1.82) is 0 Å². The highest BCUT2D eigenvalue weighted by atomic mass is 16.8. The Morgan fingerprint density at radius 1 is 0.586 bits per heavy atom. The monoisotopic (exact) mass is 392 g/mol. The molecule has 0 spiro atoms. The molecule has 3 aromatic carbocycles. The minimum atomic E-state index is -1.95. The second-order valence-corrected chi connectivity index (χ2v) is 7.38. The molecule has 152 valence electrons. The first-order valence-corrected chi connectivity index (χ1v) is 9.59. The number of benzene rings is 3. The molecule has 0 radical (unpaired) electrons. The van der Waals surface area contributed by atoms with Gasteiger partial charge in [0, 0.05) is 25.3 Å². The third-order valence-electron chi connectivity index (χ3n) is 5.21. The van der Waals surface area contributed by atoms with Crippen molar-refractivity contribution in [2.45, 2.75) is 31.0 Å². The molecule has 0 aliphatic rings. The van der Waals surface area contributed by atoms with Crippen molar-refractivity contribution < 1.29 is 19.3 Å². The summed E-state index contributed by atoms with van der Waals surface area (Å²) in [5.74, 6) is -3.54. The quantitative estimate of drug-likeness (QED) is 0.552. The van der Waals surface area contributed by atoms with E-state index in [9.17, 15) is 5.11 Å². The van der Waals surface area contributed by atoms with E-state index in [1.54, 1.807) is 12.1 Å². The lowest BCUT2D eigenvalue weighted by atomic mass is 9.88. The summed E-state index contributed by atoms with van der Waals surface area (Å²) in [6.45, 7) is 3.83. The Morgan fingerprint density at radius 2 is 0.966 bits per heavy atom. The summed E-state index contributed by atoms with van der Waals surface area (Å²) in [6.07, 6.45) is 0. The summed E-state index contributed by atoms with van der Waals surface area (Å²) >= 11 is 0. The van der Waals surface area contributed by atoms with Gasteiger partial charge in [-0.3, -0.25) is 0 Å². The van der Waals surface area contributed by atoms with Gasteiger partial charge in [-0.05, 0) is 19.4 Å². The van der Waals surface area contributed by atoms with Crippen molar-refractivity contribution in [3.63, 3.8) is 0 Å². The molecule has 0 bridgehead atoms. The summed E-state index contributed by atoms with van der Waals surface area (Å²) in [5, 5.41) is 12.2. The number of aliphatic hydroxyl groups is 1. The van der Waals surface area contributed by atoms with Gasteiger partial charge in [0.05, 0.1) is 5.60 Å². The molecule has 0 fully saturated rings. The molecule has 0 aliphatic carbocycles. The molecule has 3 rings (SSSR count). The molecule has 0 aliphatic heterocycles. The average molecular weight is 392 g/mol. The third kappa shape index (κ3) is 3.85. The Balaban J connectivity index is 2.21. The van der Waals surface area contributed by atoms with Crippen molar-refractivity contribution in [3.8, 4) is 0 Å². The number of ether oxygens (including phenoxy) is 3. The Labute approximate surface area is 172 Å². The van der Waals surface area contributed by atoms with Crippen molar-refractivity contribution in [2.75, 3.05) is 14.2 Å². The summed E-state index contributed by atoms with van der Waals surface area (Å²) in [5.41, 5.74) is 1.24. The zero-order valence-electron chi connectivity index (χ0n) is 17.3. The highest BCUT2D eigenvalue weighted by Gasteiger charge is 2.58. The Hall–Kier alpha value is -2.50. The average Bonchev–Trinajstić information content (AvgIpc) is 2.77. The van der Waals surface area contributed by atoms with Gasteiger partial charge < -0.3 is 19.3 Å². The first-order valence-electron chi connectivity index (χ1n) is 9.59. The standard InChI is InChI=1S/C25H28O4/c1-23(2,20-14-8-5-9-15-20)29-24(26,21-16-10-6-11-17-21)25(27-3,28-4)22-18-12-7-13-19-22/h5-19,26H,1-4H3. The van der Waals surface area contributed by atoms with Gasteiger partial charge in [-0.2, -0.15) is 0 Å². The highest BCUT2D eigenvalue weighted by Crippen LogP contribution is 2.48. The molecular formula is C25H28O4. The Morgan fingerprint density at radius 3 is 1.38 bits per heavy atom. The predicted octanol–water partition coefficient (Wildman–Crippen LogP) is 4.93. The zero-order chi connectivity index (χ0) is 21.0. The van der Waals surface area contributed by atoms with Gasteiger partial charge in [0.1, 0.15) is 0 Å². The fourth-order valence-electron chi connectivity index (χ4n) is 3.70. The number of rotatable bonds is 8. The summed E-state index contributed by atoms with van der Waals surface area (Å²) in [4.78, 5) is 0. The fraction of sp³-hybridized carbons (Fsp3) is 0.280. The van der Waals surface area contributed by atoms with E-state index < -0.39 is 17.2 Å². The molecule has 4 nitrogen and oxygen atoms in total. The van der Waals surface area contributed by atoms with E-state index in [-0.39, 0.29) is 0 Å². The lowest BCUT2D eigenvalue weighted by Gasteiger charge is -2.48. The molecule has 1 atom stereocenters. The van der Waals surface area contributed by atoms with Crippen molar-refractivity contribution in [3.05, 3.63) is 108 Å². The van der Waals surface area contributed by atoms with Gasteiger partial charge in [-0.25, -0.2) is 0 Å². The zero-order valence-corrected chi connectivity index (χ0v) is 17.3. The van der Waals surface area contributed by atoms with Crippen LogP contribution in [0.4, 0.5) is 0 Å². The van der Waals surface area contributed by atoms with Crippen LogP contribution in [0.1, 0.15) is 30.5 Å². The van der Waals surface area contributed by atoms with Gasteiger partial charge in [-0.15, -0.1) is 0 Å². The van der Waals surface area contributed by atoms with Crippen LogP contribution in [0.15, 0.2) is 91.0 Å². The van der Waals surface area contributed by atoms with Gasteiger partial charge in [0.25, 0.3) is 11.6 Å². The highest BCUT2D eigenvalue weighted by molar-refractivity contribution is 5.31. The molecule has 29 heavy (non-hydrogen) atoms. The summed E-state index contributed by atoms with van der Waals surface area (Å²) < 4.78 is 18.3. The van der Waals surface area contributed by atoms with Crippen LogP contribution in [0.3, 0.4) is 0 Å². The number of hydrogen-bond donors (Lipinski definition) is 1. The van der Waals surface area contributed by atoms with Gasteiger partial charge in [0.15, 0.2) is 0 Å². The Kier molecular flexibility index (Phi) is 6.20. The van der Waals surface area contributed by atoms with Crippen molar-refractivity contribution in [2.24, 2.45) is 0 Å². The molecule has 0 amide bonds. The Bertz CT molecular complexity index is 890. The predicted molar refractivity (Wildman–Crippen MR) is 113 cm³/mol. The molecular weight excluding hydrogens is 364 g/mol. The first-order chi connectivity index (χ1) is 13.9. The number of methoxy groups -OCH3 is 2. The summed E-state index contributed by atoms with van der Waals surface area (Å²) in [6, 6.07) is 28.3. The maximum Gasteiger partial charge on any atom is 0.255 e. The van der Waals surface area contributed by atoms with Crippen LogP contribution in [0.2, 0.25) is 0 Å². The van der Waals surface area contributed by atoms with Crippen LogP contribution >= 0.6 is 0 Å². The SMILES string of the molecule is COC(OC)(c1ccccc1)C(O)(OC(C)(C)c1ccccc1)c1ccccc1. The van der Waals surface area contributed by atoms with E-state index in [4.69, 9.17) is 14.2 Å². The lowest BCUT2D eigenvalue weighted by molar-refractivity contribution is -0.427. The molecule has 1 unspecified atom stereocenters. The first kappa shape index (κ1) is 21.2. The molecule has 0 aromatic heterocycles. The topological polar surface area (TPSA) is 47.9 Å². The largest absolute Gasteiger partial charge is 0.357 e. The molecule has 0 saturated heterocycles. The van der Waals surface area contributed by atoms with Crippen LogP contribution < -0.4 is 0 Å². The van der Waals surface area contributed by atoms with Crippen LogP contribution in [-0.2, 0) is 31.4 Å². The van der Waals surface area contributed by atoms with Crippen LogP contribution in [0, 0.1) is 0 Å².